The van der Waals surface area contributed by atoms with Crippen molar-refractivity contribution < 1.29 is 19.4 Å². The van der Waals surface area contributed by atoms with Gasteiger partial charge in [-0.15, -0.1) is 0 Å². The zero-order valence-corrected chi connectivity index (χ0v) is 13.6. The summed E-state index contributed by atoms with van der Waals surface area (Å²) in [6.07, 6.45) is 2.43. The molecule has 1 aliphatic rings. The molecular weight excluding hydrogens is 272 g/mol. The maximum Gasteiger partial charge on any atom is 0.407 e. The van der Waals surface area contributed by atoms with Gasteiger partial charge in [0.1, 0.15) is 5.60 Å². The molecule has 0 saturated heterocycles. The van der Waals surface area contributed by atoms with Crippen molar-refractivity contribution in [2.75, 3.05) is 26.8 Å². The fraction of sp³-hybridized carbons (Fsp3) is 0.933. The minimum atomic E-state index is -0.491. The van der Waals surface area contributed by atoms with Crippen LogP contribution in [0, 0.1) is 5.92 Å². The normalized spacial score (nSPS) is 23.9. The lowest BCUT2D eigenvalue weighted by molar-refractivity contribution is 0.0510. The van der Waals surface area contributed by atoms with Crippen molar-refractivity contribution in [1.29, 1.82) is 0 Å². The summed E-state index contributed by atoms with van der Waals surface area (Å²) < 4.78 is 10.1. The van der Waals surface area contributed by atoms with Gasteiger partial charge in [-0.05, 0) is 39.5 Å². The Morgan fingerprint density at radius 2 is 2.10 bits per heavy atom. The number of carbonyl (C=O) groups excluding carboxylic acids is 1. The molecule has 6 nitrogen and oxygen atoms in total. The summed E-state index contributed by atoms with van der Waals surface area (Å²) >= 11 is 0. The van der Waals surface area contributed by atoms with E-state index < -0.39 is 11.7 Å². The number of amides is 1. The van der Waals surface area contributed by atoms with Gasteiger partial charge < -0.3 is 25.2 Å². The van der Waals surface area contributed by atoms with Crippen molar-refractivity contribution in [2.24, 2.45) is 5.92 Å². The zero-order chi connectivity index (χ0) is 15.9. The van der Waals surface area contributed by atoms with Crippen LogP contribution in [0.3, 0.4) is 0 Å². The fourth-order valence-corrected chi connectivity index (χ4v) is 2.62. The van der Waals surface area contributed by atoms with Crippen LogP contribution in [0.5, 0.6) is 0 Å². The Kier molecular flexibility index (Phi) is 7.42. The average molecular weight is 302 g/mol. The standard InChI is InChI=1S/C15H30N2O4/c1-15(2,3)21-14(19)17-8-11-6-5-7-13(11)16-9-12(18)10-20-4/h11-13,16,18H,5-10H2,1-4H3,(H,17,19). The number of methoxy groups -OCH3 is 1. The number of rotatable bonds is 7. The van der Waals surface area contributed by atoms with Gasteiger partial charge in [-0.25, -0.2) is 4.79 Å². The number of carbonyl (C=O) groups is 1. The lowest BCUT2D eigenvalue weighted by Gasteiger charge is -2.24. The molecule has 3 atom stereocenters. The molecule has 1 saturated carbocycles. The molecule has 21 heavy (non-hydrogen) atoms. The molecule has 0 aliphatic heterocycles. The van der Waals surface area contributed by atoms with Gasteiger partial charge in [0.05, 0.1) is 12.7 Å². The number of hydrogen-bond donors (Lipinski definition) is 3. The quantitative estimate of drug-likeness (QED) is 0.660. The van der Waals surface area contributed by atoms with Gasteiger partial charge in [0, 0.05) is 26.2 Å². The SMILES string of the molecule is COCC(O)CNC1CCCC1CNC(=O)OC(C)(C)C. The van der Waals surface area contributed by atoms with E-state index in [-0.39, 0.29) is 6.09 Å². The first-order valence-electron chi connectivity index (χ1n) is 7.69. The van der Waals surface area contributed by atoms with Crippen LogP contribution in [-0.4, -0.2) is 55.8 Å². The topological polar surface area (TPSA) is 79.8 Å². The van der Waals surface area contributed by atoms with Crippen LogP contribution in [0.1, 0.15) is 40.0 Å². The second kappa shape index (κ2) is 8.56. The van der Waals surface area contributed by atoms with E-state index in [0.717, 1.165) is 19.3 Å². The summed E-state index contributed by atoms with van der Waals surface area (Å²) in [5.74, 6) is 0.382. The average Bonchev–Trinajstić information content (AvgIpc) is 2.79. The van der Waals surface area contributed by atoms with Gasteiger partial charge in [-0.2, -0.15) is 0 Å². The van der Waals surface area contributed by atoms with Crippen LogP contribution < -0.4 is 10.6 Å². The first-order chi connectivity index (χ1) is 9.81. The van der Waals surface area contributed by atoms with E-state index in [1.807, 2.05) is 20.8 Å². The van der Waals surface area contributed by atoms with Crippen LogP contribution in [-0.2, 0) is 9.47 Å². The van der Waals surface area contributed by atoms with Crippen LogP contribution in [0.4, 0.5) is 4.79 Å². The summed E-state index contributed by atoms with van der Waals surface area (Å²) in [5.41, 5.74) is -0.471. The predicted molar refractivity (Wildman–Crippen MR) is 81.3 cm³/mol. The number of hydrogen-bond acceptors (Lipinski definition) is 5. The number of nitrogens with one attached hydrogen (secondary N) is 2. The predicted octanol–water partition coefficient (Wildman–Crippen LogP) is 1.28. The molecule has 124 valence electrons. The highest BCUT2D eigenvalue weighted by Gasteiger charge is 2.28. The molecule has 0 spiro atoms. The Labute approximate surface area is 127 Å². The highest BCUT2D eigenvalue weighted by Crippen LogP contribution is 2.25. The summed E-state index contributed by atoms with van der Waals surface area (Å²) in [6.45, 7) is 7.01. The van der Waals surface area contributed by atoms with Gasteiger partial charge in [0.25, 0.3) is 0 Å². The second-order valence-electron chi connectivity index (χ2n) is 6.70. The van der Waals surface area contributed by atoms with Gasteiger partial charge in [-0.1, -0.05) is 6.42 Å². The third-order valence-corrected chi connectivity index (χ3v) is 3.54. The monoisotopic (exact) mass is 302 g/mol. The molecule has 0 radical (unpaired) electrons. The van der Waals surface area contributed by atoms with E-state index in [9.17, 15) is 9.90 Å². The largest absolute Gasteiger partial charge is 0.444 e. The van der Waals surface area contributed by atoms with E-state index in [1.54, 1.807) is 7.11 Å². The van der Waals surface area contributed by atoms with E-state index >= 15 is 0 Å². The summed E-state index contributed by atoms with van der Waals surface area (Å²) in [7, 11) is 1.58. The van der Waals surface area contributed by atoms with E-state index in [1.165, 1.54) is 0 Å². The second-order valence-corrected chi connectivity index (χ2v) is 6.70. The van der Waals surface area contributed by atoms with E-state index in [0.29, 0.717) is 31.7 Å². The first-order valence-corrected chi connectivity index (χ1v) is 7.69. The molecule has 0 heterocycles. The molecule has 1 amide bonds. The number of aliphatic hydroxyl groups is 1. The van der Waals surface area contributed by atoms with Gasteiger partial charge >= 0.3 is 6.09 Å². The van der Waals surface area contributed by atoms with Gasteiger partial charge in [0.2, 0.25) is 0 Å². The minimum absolute atomic E-state index is 0.325. The number of alkyl carbamates (subject to hydrolysis) is 1. The van der Waals surface area contributed by atoms with Crippen molar-refractivity contribution in [3.8, 4) is 0 Å². The Balaban J connectivity index is 2.28. The van der Waals surface area contributed by atoms with Crippen LogP contribution >= 0.6 is 0 Å². The lowest BCUT2D eigenvalue weighted by Crippen LogP contribution is -2.43. The van der Waals surface area contributed by atoms with Crippen LogP contribution in [0.25, 0.3) is 0 Å². The molecule has 3 unspecified atom stereocenters. The molecule has 1 rings (SSSR count). The van der Waals surface area contributed by atoms with Crippen LogP contribution in [0.15, 0.2) is 0 Å². The highest BCUT2D eigenvalue weighted by molar-refractivity contribution is 5.67. The number of aliphatic hydroxyl groups excluding tert-OH is 1. The van der Waals surface area contributed by atoms with Gasteiger partial charge in [-0.3, -0.25) is 0 Å². The molecule has 6 heteroatoms. The van der Waals surface area contributed by atoms with Crippen molar-refractivity contribution in [3.05, 3.63) is 0 Å². The van der Waals surface area contributed by atoms with Crippen molar-refractivity contribution in [3.63, 3.8) is 0 Å². The third kappa shape index (κ3) is 7.64. The lowest BCUT2D eigenvalue weighted by atomic mass is 10.0. The first kappa shape index (κ1) is 18.2. The summed E-state index contributed by atoms with van der Waals surface area (Å²) in [5, 5.41) is 15.9. The van der Waals surface area contributed by atoms with Crippen molar-refractivity contribution in [2.45, 2.75) is 57.8 Å². The van der Waals surface area contributed by atoms with E-state index in [4.69, 9.17) is 9.47 Å². The Morgan fingerprint density at radius 3 is 2.71 bits per heavy atom. The van der Waals surface area contributed by atoms with E-state index in [2.05, 4.69) is 10.6 Å². The Hall–Kier alpha value is -0.850. The maximum atomic E-state index is 11.7. The Bertz CT molecular complexity index is 317. The molecule has 0 aromatic rings. The van der Waals surface area contributed by atoms with Crippen molar-refractivity contribution in [1.82, 2.24) is 10.6 Å². The smallest absolute Gasteiger partial charge is 0.407 e. The van der Waals surface area contributed by atoms with Gasteiger partial charge in [0.15, 0.2) is 0 Å². The van der Waals surface area contributed by atoms with Crippen LogP contribution in [0.2, 0.25) is 0 Å². The molecule has 0 aromatic carbocycles. The minimum Gasteiger partial charge on any atom is -0.444 e. The highest BCUT2D eigenvalue weighted by atomic mass is 16.6. The molecule has 1 aliphatic carbocycles. The zero-order valence-electron chi connectivity index (χ0n) is 13.6. The molecular formula is C15H30N2O4. The molecule has 0 aromatic heterocycles. The van der Waals surface area contributed by atoms with Crippen molar-refractivity contribution >= 4 is 6.09 Å². The third-order valence-electron chi connectivity index (χ3n) is 3.54. The summed E-state index contributed by atoms with van der Waals surface area (Å²) in [6, 6.07) is 0.325. The molecule has 3 N–H and O–H groups in total. The summed E-state index contributed by atoms with van der Waals surface area (Å²) in [4.78, 5) is 11.7. The fourth-order valence-electron chi connectivity index (χ4n) is 2.62. The maximum absolute atomic E-state index is 11.7. The molecule has 0 bridgehead atoms. The number of ether oxygens (including phenoxy) is 2. The Morgan fingerprint density at radius 1 is 1.38 bits per heavy atom. The molecule has 1 fully saturated rings.